The summed E-state index contributed by atoms with van der Waals surface area (Å²) < 4.78 is 12.8. The fraction of sp³-hybridized carbons (Fsp3) is 0.143. The lowest BCUT2D eigenvalue weighted by Crippen LogP contribution is -2.14. The summed E-state index contributed by atoms with van der Waals surface area (Å²) in [5.74, 6) is -0.296. The van der Waals surface area contributed by atoms with E-state index in [0.29, 0.717) is 17.1 Å². The molecule has 0 aromatic heterocycles. The predicted octanol–water partition coefficient (Wildman–Crippen LogP) is 3.68. The highest BCUT2D eigenvalue weighted by molar-refractivity contribution is 6.31. The minimum absolute atomic E-state index is 0.0101. The first kappa shape index (κ1) is 14.4. The second kappa shape index (κ2) is 6.45. The molecule has 0 bridgehead atoms. The van der Waals surface area contributed by atoms with Crippen LogP contribution in [0.2, 0.25) is 5.02 Å². The number of nitro benzene ring substituents is 1. The monoisotopic (exact) mass is 294 g/mol. The molecule has 6 heteroatoms. The van der Waals surface area contributed by atoms with Gasteiger partial charge in [0.15, 0.2) is 0 Å². The molecule has 2 aromatic rings. The summed E-state index contributed by atoms with van der Waals surface area (Å²) in [6, 6.07) is 10.6. The van der Waals surface area contributed by atoms with Gasteiger partial charge in [-0.05, 0) is 23.8 Å². The van der Waals surface area contributed by atoms with Crippen LogP contribution in [-0.4, -0.2) is 4.92 Å². The largest absolute Gasteiger partial charge is 0.308 e. The van der Waals surface area contributed by atoms with Crippen molar-refractivity contribution < 1.29 is 9.31 Å². The van der Waals surface area contributed by atoms with Crippen LogP contribution in [0.5, 0.6) is 0 Å². The molecule has 2 aromatic carbocycles. The third-order valence-corrected chi connectivity index (χ3v) is 3.19. The number of hydrogen-bond donors (Lipinski definition) is 1. The van der Waals surface area contributed by atoms with Crippen LogP contribution in [-0.2, 0) is 13.1 Å². The smallest absolute Gasteiger partial charge is 0.275 e. The van der Waals surface area contributed by atoms with Crippen LogP contribution in [0.1, 0.15) is 11.1 Å². The molecule has 0 amide bonds. The highest BCUT2D eigenvalue weighted by atomic mass is 35.5. The zero-order chi connectivity index (χ0) is 14.5. The molecule has 0 spiro atoms. The molecular formula is C14H12ClFN2O2. The molecule has 4 nitrogen and oxygen atoms in total. The van der Waals surface area contributed by atoms with E-state index in [0.717, 1.165) is 5.56 Å². The molecule has 0 saturated carbocycles. The summed E-state index contributed by atoms with van der Waals surface area (Å²) >= 11 is 5.98. The Labute approximate surface area is 120 Å². The minimum atomic E-state index is -0.458. The zero-order valence-electron chi connectivity index (χ0n) is 10.5. The molecule has 2 rings (SSSR count). The molecule has 0 aliphatic carbocycles. The van der Waals surface area contributed by atoms with Crippen LogP contribution in [0.15, 0.2) is 42.5 Å². The second-order valence-corrected chi connectivity index (χ2v) is 4.63. The van der Waals surface area contributed by atoms with Crippen molar-refractivity contribution in [3.05, 3.63) is 74.5 Å². The van der Waals surface area contributed by atoms with E-state index in [2.05, 4.69) is 5.32 Å². The van der Waals surface area contributed by atoms with Gasteiger partial charge in [-0.3, -0.25) is 10.1 Å². The number of nitro groups is 1. The summed E-state index contributed by atoms with van der Waals surface area (Å²) in [5, 5.41) is 14.3. The molecule has 0 saturated heterocycles. The van der Waals surface area contributed by atoms with Gasteiger partial charge in [-0.15, -0.1) is 0 Å². The molecule has 0 heterocycles. The molecule has 0 radical (unpaired) electrons. The number of nitrogens with one attached hydrogen (secondary N) is 1. The molecule has 0 aliphatic rings. The van der Waals surface area contributed by atoms with Crippen LogP contribution in [0, 0.1) is 15.9 Å². The molecule has 0 unspecified atom stereocenters. The van der Waals surface area contributed by atoms with Crippen LogP contribution in [0.3, 0.4) is 0 Å². The average Bonchev–Trinajstić information content (AvgIpc) is 2.42. The second-order valence-electron chi connectivity index (χ2n) is 4.22. The summed E-state index contributed by atoms with van der Waals surface area (Å²) in [6.45, 7) is 0.746. The Bertz CT molecular complexity index is 617. The number of nitrogens with zero attached hydrogens (tertiary/aromatic N) is 1. The van der Waals surface area contributed by atoms with Gasteiger partial charge in [-0.2, -0.15) is 0 Å². The first-order valence-corrected chi connectivity index (χ1v) is 6.32. The van der Waals surface area contributed by atoms with Gasteiger partial charge >= 0.3 is 0 Å². The van der Waals surface area contributed by atoms with Gasteiger partial charge < -0.3 is 5.32 Å². The van der Waals surface area contributed by atoms with Crippen LogP contribution >= 0.6 is 11.6 Å². The zero-order valence-corrected chi connectivity index (χ0v) is 11.2. The van der Waals surface area contributed by atoms with E-state index in [1.165, 1.54) is 18.2 Å². The first-order chi connectivity index (χ1) is 9.58. The quantitative estimate of drug-likeness (QED) is 0.676. The van der Waals surface area contributed by atoms with Crippen molar-refractivity contribution in [1.29, 1.82) is 0 Å². The standard InChI is InChI=1S/C14H12ClFN2O2/c15-13-2-1-3-14(18(19)20)12(13)9-17-8-10-4-6-11(16)7-5-10/h1-7,17H,8-9H2. The van der Waals surface area contributed by atoms with E-state index in [4.69, 9.17) is 11.6 Å². The summed E-state index contributed by atoms with van der Waals surface area (Å²) in [4.78, 5) is 10.5. The normalized spacial score (nSPS) is 10.5. The van der Waals surface area contributed by atoms with Crippen LogP contribution < -0.4 is 5.32 Å². The average molecular weight is 295 g/mol. The summed E-state index contributed by atoms with van der Waals surface area (Å²) in [6.07, 6.45) is 0. The number of benzene rings is 2. The fourth-order valence-corrected chi connectivity index (χ4v) is 2.06. The van der Waals surface area contributed by atoms with Gasteiger partial charge in [0.2, 0.25) is 0 Å². The van der Waals surface area contributed by atoms with Gasteiger partial charge in [-0.25, -0.2) is 4.39 Å². The maximum atomic E-state index is 12.8. The Balaban J connectivity index is 2.04. The summed E-state index contributed by atoms with van der Waals surface area (Å²) in [5.41, 5.74) is 1.33. The van der Waals surface area contributed by atoms with Crippen molar-refractivity contribution in [2.45, 2.75) is 13.1 Å². The van der Waals surface area contributed by atoms with Crippen molar-refractivity contribution in [3.63, 3.8) is 0 Å². The van der Waals surface area contributed by atoms with E-state index < -0.39 is 4.92 Å². The SMILES string of the molecule is O=[N+]([O-])c1cccc(Cl)c1CNCc1ccc(F)cc1. The molecular weight excluding hydrogens is 283 g/mol. The van der Waals surface area contributed by atoms with Crippen molar-refractivity contribution in [2.24, 2.45) is 0 Å². The highest BCUT2D eigenvalue weighted by Gasteiger charge is 2.15. The van der Waals surface area contributed by atoms with E-state index in [1.54, 1.807) is 24.3 Å². The van der Waals surface area contributed by atoms with Crippen molar-refractivity contribution in [2.75, 3.05) is 0 Å². The highest BCUT2D eigenvalue weighted by Crippen LogP contribution is 2.25. The maximum absolute atomic E-state index is 12.8. The number of halogens is 2. The topological polar surface area (TPSA) is 55.2 Å². The molecule has 104 valence electrons. The van der Waals surface area contributed by atoms with E-state index in [1.807, 2.05) is 0 Å². The van der Waals surface area contributed by atoms with E-state index in [9.17, 15) is 14.5 Å². The molecule has 0 fully saturated rings. The third-order valence-electron chi connectivity index (χ3n) is 2.83. The molecule has 0 atom stereocenters. The lowest BCUT2D eigenvalue weighted by molar-refractivity contribution is -0.385. The Kier molecular flexibility index (Phi) is 4.65. The van der Waals surface area contributed by atoms with Gasteiger partial charge in [-0.1, -0.05) is 29.8 Å². The predicted molar refractivity (Wildman–Crippen MR) is 75.1 cm³/mol. The molecule has 1 N–H and O–H groups in total. The van der Waals surface area contributed by atoms with Crippen molar-refractivity contribution in [3.8, 4) is 0 Å². The third kappa shape index (κ3) is 3.53. The van der Waals surface area contributed by atoms with Gasteiger partial charge in [0.1, 0.15) is 5.82 Å². The van der Waals surface area contributed by atoms with Crippen LogP contribution in [0.4, 0.5) is 10.1 Å². The van der Waals surface area contributed by atoms with Crippen molar-refractivity contribution >= 4 is 17.3 Å². The van der Waals surface area contributed by atoms with Gasteiger partial charge in [0.25, 0.3) is 5.69 Å². The van der Waals surface area contributed by atoms with Crippen molar-refractivity contribution in [1.82, 2.24) is 5.32 Å². The van der Waals surface area contributed by atoms with E-state index in [-0.39, 0.29) is 18.0 Å². The van der Waals surface area contributed by atoms with Gasteiger partial charge in [0.05, 0.1) is 15.5 Å². The van der Waals surface area contributed by atoms with Crippen LogP contribution in [0.25, 0.3) is 0 Å². The van der Waals surface area contributed by atoms with Gasteiger partial charge in [0, 0.05) is 19.2 Å². The van der Waals surface area contributed by atoms with E-state index >= 15 is 0 Å². The lowest BCUT2D eigenvalue weighted by atomic mass is 10.1. The Morgan fingerprint density at radius 1 is 1.15 bits per heavy atom. The minimum Gasteiger partial charge on any atom is -0.308 e. The Morgan fingerprint density at radius 3 is 2.50 bits per heavy atom. The Hall–Kier alpha value is -1.98. The fourth-order valence-electron chi connectivity index (χ4n) is 1.83. The lowest BCUT2D eigenvalue weighted by Gasteiger charge is -2.07. The molecule has 0 aliphatic heterocycles. The summed E-state index contributed by atoms with van der Waals surface area (Å²) in [7, 11) is 0. The number of rotatable bonds is 5. The Morgan fingerprint density at radius 2 is 1.85 bits per heavy atom. The molecule has 20 heavy (non-hydrogen) atoms. The maximum Gasteiger partial charge on any atom is 0.275 e. The first-order valence-electron chi connectivity index (χ1n) is 5.95. The number of hydrogen-bond acceptors (Lipinski definition) is 3.